The summed E-state index contributed by atoms with van der Waals surface area (Å²) in [6, 6.07) is 13.1. The first-order chi connectivity index (χ1) is 14.1. The van der Waals surface area contributed by atoms with Crippen LogP contribution in [0.5, 0.6) is 5.75 Å². The molecular formula is C21H16N4O4. The number of carbonyl (C=O) groups excluding carboxylic acids is 1. The molecule has 0 atom stereocenters. The fourth-order valence-electron chi connectivity index (χ4n) is 2.99. The average Bonchev–Trinajstić information content (AvgIpc) is 3.18. The van der Waals surface area contributed by atoms with Crippen molar-refractivity contribution in [2.45, 2.75) is 0 Å². The summed E-state index contributed by atoms with van der Waals surface area (Å²) in [5, 5.41) is 12.1. The van der Waals surface area contributed by atoms with Crippen LogP contribution >= 0.6 is 0 Å². The third kappa shape index (κ3) is 3.51. The van der Waals surface area contributed by atoms with E-state index < -0.39 is 11.9 Å². The molecule has 4 aromatic rings. The van der Waals surface area contributed by atoms with Gasteiger partial charge in [-0.3, -0.25) is 9.20 Å². The molecule has 2 aromatic heterocycles. The predicted octanol–water partition coefficient (Wildman–Crippen LogP) is 3.36. The van der Waals surface area contributed by atoms with Crippen LogP contribution in [0.25, 0.3) is 17.0 Å². The van der Waals surface area contributed by atoms with Crippen molar-refractivity contribution in [2.75, 3.05) is 12.4 Å². The maximum Gasteiger partial charge on any atom is 0.336 e. The summed E-state index contributed by atoms with van der Waals surface area (Å²) in [5.41, 5.74) is 1.81. The Labute approximate surface area is 165 Å². The van der Waals surface area contributed by atoms with Gasteiger partial charge < -0.3 is 15.2 Å². The number of amides is 1. The first kappa shape index (κ1) is 18.2. The molecule has 0 aliphatic carbocycles. The van der Waals surface area contributed by atoms with E-state index in [-0.39, 0.29) is 11.1 Å². The molecular weight excluding hydrogens is 372 g/mol. The molecule has 8 heteroatoms. The Balaban J connectivity index is 1.71. The number of nitrogens with one attached hydrogen (secondary N) is 1. The molecule has 0 unspecified atom stereocenters. The highest BCUT2D eigenvalue weighted by Gasteiger charge is 2.18. The molecule has 2 aromatic carbocycles. The third-order valence-electron chi connectivity index (χ3n) is 4.38. The van der Waals surface area contributed by atoms with Gasteiger partial charge in [0.1, 0.15) is 5.75 Å². The average molecular weight is 388 g/mol. The molecule has 0 aliphatic rings. The molecule has 2 heterocycles. The van der Waals surface area contributed by atoms with Gasteiger partial charge in [-0.25, -0.2) is 14.8 Å². The zero-order chi connectivity index (χ0) is 20.4. The first-order valence-electron chi connectivity index (χ1n) is 8.68. The molecule has 1 amide bonds. The van der Waals surface area contributed by atoms with Gasteiger partial charge in [0.15, 0.2) is 0 Å². The topological polar surface area (TPSA) is 106 Å². The van der Waals surface area contributed by atoms with Crippen molar-refractivity contribution in [3.63, 3.8) is 0 Å². The molecule has 0 aliphatic heterocycles. The van der Waals surface area contributed by atoms with Crippen LogP contribution in [0.1, 0.15) is 20.7 Å². The number of ether oxygens (including phenoxy) is 1. The number of carbonyl (C=O) groups is 2. The van der Waals surface area contributed by atoms with Gasteiger partial charge in [0.25, 0.3) is 5.91 Å². The van der Waals surface area contributed by atoms with Gasteiger partial charge in [-0.15, -0.1) is 0 Å². The maximum absolute atomic E-state index is 12.7. The van der Waals surface area contributed by atoms with Crippen LogP contribution < -0.4 is 10.1 Å². The van der Waals surface area contributed by atoms with Crippen molar-refractivity contribution in [3.05, 3.63) is 78.2 Å². The summed E-state index contributed by atoms with van der Waals surface area (Å²) in [7, 11) is 1.49. The van der Waals surface area contributed by atoms with Crippen LogP contribution in [0, 0.1) is 0 Å². The van der Waals surface area contributed by atoms with E-state index in [2.05, 4.69) is 15.3 Å². The van der Waals surface area contributed by atoms with E-state index in [0.29, 0.717) is 22.9 Å². The second kappa shape index (κ2) is 7.43. The minimum Gasteiger partial charge on any atom is -0.495 e. The Morgan fingerprint density at radius 2 is 1.90 bits per heavy atom. The van der Waals surface area contributed by atoms with Gasteiger partial charge in [-0.1, -0.05) is 12.1 Å². The van der Waals surface area contributed by atoms with E-state index in [4.69, 9.17) is 4.74 Å². The molecule has 0 fully saturated rings. The minimum atomic E-state index is -1.17. The number of fused-ring (bicyclic) bond motifs is 1. The summed E-state index contributed by atoms with van der Waals surface area (Å²) in [5.74, 6) is -0.722. The first-order valence-corrected chi connectivity index (χ1v) is 8.68. The number of carboxylic acids is 1. The summed E-state index contributed by atoms with van der Waals surface area (Å²) < 4.78 is 7.13. The number of hydrogen-bond donors (Lipinski definition) is 2. The molecule has 29 heavy (non-hydrogen) atoms. The third-order valence-corrected chi connectivity index (χ3v) is 4.38. The van der Waals surface area contributed by atoms with E-state index in [1.165, 1.54) is 19.2 Å². The predicted molar refractivity (Wildman–Crippen MR) is 106 cm³/mol. The van der Waals surface area contributed by atoms with Crippen LogP contribution in [0.15, 0.2) is 67.1 Å². The van der Waals surface area contributed by atoms with Crippen molar-refractivity contribution in [1.29, 1.82) is 0 Å². The Kier molecular flexibility index (Phi) is 4.66. The number of hydrogen-bond acceptors (Lipinski definition) is 5. The van der Waals surface area contributed by atoms with Crippen molar-refractivity contribution in [3.8, 4) is 17.0 Å². The van der Waals surface area contributed by atoms with Crippen molar-refractivity contribution < 1.29 is 19.4 Å². The van der Waals surface area contributed by atoms with Gasteiger partial charge >= 0.3 is 5.97 Å². The molecule has 0 saturated heterocycles. The van der Waals surface area contributed by atoms with E-state index >= 15 is 0 Å². The monoisotopic (exact) mass is 388 g/mol. The number of imidazole rings is 1. The van der Waals surface area contributed by atoms with Crippen LogP contribution in [-0.2, 0) is 0 Å². The lowest BCUT2D eigenvalue weighted by Crippen LogP contribution is -2.16. The van der Waals surface area contributed by atoms with Gasteiger partial charge in [0.2, 0.25) is 5.78 Å². The lowest BCUT2D eigenvalue weighted by Gasteiger charge is -2.12. The number of aromatic carboxylic acids is 1. The molecule has 144 valence electrons. The van der Waals surface area contributed by atoms with E-state index in [9.17, 15) is 14.7 Å². The van der Waals surface area contributed by atoms with Crippen LogP contribution in [0.3, 0.4) is 0 Å². The molecule has 2 N–H and O–H groups in total. The van der Waals surface area contributed by atoms with Crippen molar-refractivity contribution >= 4 is 23.3 Å². The minimum absolute atomic E-state index is 0.0596. The Bertz CT molecular complexity index is 1200. The number of rotatable bonds is 5. The molecule has 8 nitrogen and oxygen atoms in total. The molecule has 0 saturated carbocycles. The number of benzene rings is 2. The zero-order valence-electron chi connectivity index (χ0n) is 15.4. The number of anilines is 1. The lowest BCUT2D eigenvalue weighted by molar-refractivity contribution is 0.0692. The second-order valence-corrected chi connectivity index (χ2v) is 6.17. The van der Waals surface area contributed by atoms with Crippen LogP contribution in [0.2, 0.25) is 0 Å². The van der Waals surface area contributed by atoms with Crippen LogP contribution in [-0.4, -0.2) is 38.5 Å². The normalized spacial score (nSPS) is 10.7. The number of aromatic nitrogens is 3. The van der Waals surface area contributed by atoms with Gasteiger partial charge in [0, 0.05) is 24.2 Å². The molecule has 4 rings (SSSR count). The van der Waals surface area contributed by atoms with Crippen LogP contribution in [0.4, 0.5) is 5.69 Å². The molecule has 0 bridgehead atoms. The number of methoxy groups -OCH3 is 1. The highest BCUT2D eigenvalue weighted by Crippen LogP contribution is 2.31. The maximum atomic E-state index is 12.7. The van der Waals surface area contributed by atoms with Gasteiger partial charge in [0.05, 0.1) is 29.6 Å². The Morgan fingerprint density at radius 3 is 2.62 bits per heavy atom. The van der Waals surface area contributed by atoms with Gasteiger partial charge in [-0.2, -0.15) is 0 Å². The second-order valence-electron chi connectivity index (χ2n) is 6.17. The fraction of sp³-hybridized carbons (Fsp3) is 0.0476. The number of nitrogens with zero attached hydrogens (tertiary/aromatic N) is 3. The SMILES string of the molecule is COc1ccc(-c2cn3cccnc3n2)cc1NC(=O)c1ccccc1C(=O)O. The van der Waals surface area contributed by atoms with Gasteiger partial charge in [-0.05, 0) is 36.4 Å². The fourth-order valence-corrected chi connectivity index (χ4v) is 2.99. The van der Waals surface area contributed by atoms with Crippen molar-refractivity contribution in [2.24, 2.45) is 0 Å². The zero-order valence-corrected chi connectivity index (χ0v) is 15.4. The number of carboxylic acid groups (broad SMARTS) is 1. The largest absolute Gasteiger partial charge is 0.495 e. The Hall–Kier alpha value is -4.20. The standard InChI is InChI=1S/C21H16N4O4/c1-29-18-8-7-13(17-12-25-10-4-9-22-21(25)24-17)11-16(18)23-19(26)14-5-2-3-6-15(14)20(27)28/h2-12H,1H3,(H,23,26)(H,27,28). The van der Waals surface area contributed by atoms with Crippen molar-refractivity contribution in [1.82, 2.24) is 14.4 Å². The highest BCUT2D eigenvalue weighted by molar-refractivity contribution is 6.11. The molecule has 0 radical (unpaired) electrons. The van der Waals surface area contributed by atoms with E-state index in [0.717, 1.165) is 5.56 Å². The summed E-state index contributed by atoms with van der Waals surface area (Å²) >= 11 is 0. The van der Waals surface area contributed by atoms with E-state index in [1.54, 1.807) is 40.9 Å². The lowest BCUT2D eigenvalue weighted by atomic mass is 10.1. The van der Waals surface area contributed by atoms with E-state index in [1.807, 2.05) is 18.5 Å². The summed E-state index contributed by atoms with van der Waals surface area (Å²) in [6.45, 7) is 0. The summed E-state index contributed by atoms with van der Waals surface area (Å²) in [4.78, 5) is 32.8. The Morgan fingerprint density at radius 1 is 1.10 bits per heavy atom. The highest BCUT2D eigenvalue weighted by atomic mass is 16.5. The quantitative estimate of drug-likeness (QED) is 0.543. The molecule has 0 spiro atoms. The summed E-state index contributed by atoms with van der Waals surface area (Å²) in [6.07, 6.45) is 5.33. The smallest absolute Gasteiger partial charge is 0.336 e.